The Morgan fingerprint density at radius 3 is 2.85 bits per heavy atom. The van der Waals surface area contributed by atoms with Crippen LogP contribution in [-0.4, -0.2) is 23.4 Å². The lowest BCUT2D eigenvalue weighted by Crippen LogP contribution is -2.41. The Hall–Kier alpha value is -0.520. The third-order valence-electron chi connectivity index (χ3n) is 2.75. The molecule has 4 atom stereocenters. The van der Waals surface area contributed by atoms with Gasteiger partial charge in [-0.1, -0.05) is 6.92 Å². The fraction of sp³-hybridized carbons (Fsp3) is 0.818. The van der Waals surface area contributed by atoms with E-state index in [9.17, 15) is 5.11 Å². The Balaban J connectivity index is 2.42. The average Bonchev–Trinajstić information content (AvgIpc) is 2.09. The van der Waals surface area contributed by atoms with Gasteiger partial charge in [-0.05, 0) is 25.7 Å². The van der Waals surface area contributed by atoms with Crippen molar-refractivity contribution in [1.29, 1.82) is 0 Å². The van der Waals surface area contributed by atoms with Crippen LogP contribution in [-0.2, 0) is 4.74 Å². The van der Waals surface area contributed by atoms with Crippen LogP contribution in [0.4, 0.5) is 0 Å². The van der Waals surface area contributed by atoms with Crippen LogP contribution in [0.1, 0.15) is 33.1 Å². The van der Waals surface area contributed by atoms with E-state index in [1.165, 1.54) is 0 Å². The number of aliphatic hydroxyl groups is 1. The Labute approximate surface area is 80.3 Å². The van der Waals surface area contributed by atoms with Gasteiger partial charge in [-0.3, -0.25) is 0 Å². The molecule has 1 aliphatic rings. The first kappa shape index (κ1) is 10.6. The number of hydrogen-bond donors (Lipinski definition) is 1. The first-order valence-electron chi connectivity index (χ1n) is 4.92. The van der Waals surface area contributed by atoms with Crippen molar-refractivity contribution in [1.82, 2.24) is 0 Å². The van der Waals surface area contributed by atoms with Gasteiger partial charge in [0, 0.05) is 6.42 Å². The molecule has 74 valence electrons. The summed E-state index contributed by atoms with van der Waals surface area (Å²) in [4.78, 5) is 0. The minimum atomic E-state index is -0.308. The molecule has 1 saturated heterocycles. The summed E-state index contributed by atoms with van der Waals surface area (Å²) in [7, 11) is 0. The first-order chi connectivity index (χ1) is 6.15. The second-order valence-corrected chi connectivity index (χ2v) is 3.90. The molecule has 0 aliphatic carbocycles. The lowest BCUT2D eigenvalue weighted by molar-refractivity contribution is -0.134. The number of hydrogen-bond acceptors (Lipinski definition) is 2. The summed E-state index contributed by atoms with van der Waals surface area (Å²) in [6.45, 7) is 4.02. The van der Waals surface area contributed by atoms with Gasteiger partial charge in [-0.25, -0.2) is 0 Å². The predicted molar refractivity (Wildman–Crippen MR) is 52.2 cm³/mol. The van der Waals surface area contributed by atoms with E-state index in [1.807, 2.05) is 6.92 Å². The van der Waals surface area contributed by atoms with Crippen molar-refractivity contribution in [2.24, 2.45) is 5.92 Å². The van der Waals surface area contributed by atoms with Crippen molar-refractivity contribution in [3.05, 3.63) is 0 Å². The van der Waals surface area contributed by atoms with Gasteiger partial charge in [0.2, 0.25) is 0 Å². The maximum absolute atomic E-state index is 9.53. The van der Waals surface area contributed by atoms with Gasteiger partial charge in [0.05, 0.1) is 18.3 Å². The van der Waals surface area contributed by atoms with E-state index in [-0.39, 0.29) is 18.3 Å². The second-order valence-electron chi connectivity index (χ2n) is 3.90. The maximum Gasteiger partial charge on any atom is 0.0809 e. The van der Waals surface area contributed by atoms with Gasteiger partial charge >= 0.3 is 0 Å². The van der Waals surface area contributed by atoms with Crippen molar-refractivity contribution in [3.63, 3.8) is 0 Å². The largest absolute Gasteiger partial charge is 0.390 e. The van der Waals surface area contributed by atoms with Gasteiger partial charge in [0.15, 0.2) is 0 Å². The van der Waals surface area contributed by atoms with Crippen molar-refractivity contribution in [2.45, 2.75) is 51.4 Å². The van der Waals surface area contributed by atoms with Crippen molar-refractivity contribution >= 4 is 0 Å². The third-order valence-corrected chi connectivity index (χ3v) is 2.75. The lowest BCUT2D eigenvalue weighted by atomic mass is 9.89. The fourth-order valence-corrected chi connectivity index (χ4v) is 1.80. The first-order valence-corrected chi connectivity index (χ1v) is 4.92. The molecule has 1 rings (SSSR count). The fourth-order valence-electron chi connectivity index (χ4n) is 1.80. The third kappa shape index (κ3) is 2.72. The van der Waals surface area contributed by atoms with Crippen LogP contribution in [0, 0.1) is 18.3 Å². The molecule has 1 aliphatic heterocycles. The van der Waals surface area contributed by atoms with Crippen LogP contribution in [0.25, 0.3) is 0 Å². The molecule has 2 heteroatoms. The molecule has 0 aromatic heterocycles. The minimum absolute atomic E-state index is 0.0426. The number of ether oxygens (including phenoxy) is 1. The van der Waals surface area contributed by atoms with Crippen LogP contribution in [0.3, 0.4) is 0 Å². The molecular weight excluding hydrogens is 164 g/mol. The van der Waals surface area contributed by atoms with E-state index in [1.54, 1.807) is 0 Å². The van der Waals surface area contributed by atoms with Gasteiger partial charge in [0.25, 0.3) is 0 Å². The summed E-state index contributed by atoms with van der Waals surface area (Å²) in [5.41, 5.74) is 0. The Bertz CT molecular complexity index is 195. The van der Waals surface area contributed by atoms with E-state index in [2.05, 4.69) is 12.8 Å². The molecule has 0 aromatic rings. The monoisotopic (exact) mass is 182 g/mol. The molecular formula is C11H18O2. The van der Waals surface area contributed by atoms with Crippen molar-refractivity contribution in [3.8, 4) is 12.3 Å². The molecule has 0 saturated carbocycles. The molecule has 4 unspecified atom stereocenters. The van der Waals surface area contributed by atoms with Gasteiger partial charge in [-0.2, -0.15) is 0 Å². The number of rotatable bonds is 2. The average molecular weight is 182 g/mol. The van der Waals surface area contributed by atoms with E-state index in [0.29, 0.717) is 5.92 Å². The van der Waals surface area contributed by atoms with Crippen LogP contribution >= 0.6 is 0 Å². The quantitative estimate of drug-likeness (QED) is 0.657. The molecule has 2 nitrogen and oxygen atoms in total. The molecule has 1 heterocycles. The van der Waals surface area contributed by atoms with Gasteiger partial charge in [-0.15, -0.1) is 12.3 Å². The standard InChI is InChI=1S/C11H18O2/c1-4-5-6-11-8(2)7-10(12)9(3)13-11/h1,8-12H,5-7H2,2-3H3. The Morgan fingerprint density at radius 1 is 1.54 bits per heavy atom. The second kappa shape index (κ2) is 4.64. The topological polar surface area (TPSA) is 29.5 Å². The zero-order valence-corrected chi connectivity index (χ0v) is 8.36. The molecule has 0 amide bonds. The maximum atomic E-state index is 9.53. The SMILES string of the molecule is C#CCCC1OC(C)C(O)CC1C. The smallest absolute Gasteiger partial charge is 0.0809 e. The predicted octanol–water partition coefficient (Wildman–Crippen LogP) is 1.57. The molecule has 0 bridgehead atoms. The summed E-state index contributed by atoms with van der Waals surface area (Å²) < 4.78 is 5.67. The number of aliphatic hydroxyl groups excluding tert-OH is 1. The van der Waals surface area contributed by atoms with E-state index >= 15 is 0 Å². The molecule has 1 N–H and O–H groups in total. The van der Waals surface area contributed by atoms with E-state index in [4.69, 9.17) is 11.2 Å². The Kier molecular flexibility index (Phi) is 3.77. The minimum Gasteiger partial charge on any atom is -0.390 e. The molecule has 0 aromatic carbocycles. The zero-order valence-electron chi connectivity index (χ0n) is 8.36. The molecule has 13 heavy (non-hydrogen) atoms. The molecule has 0 radical (unpaired) electrons. The summed E-state index contributed by atoms with van der Waals surface area (Å²) in [6.07, 6.45) is 7.58. The number of terminal acetylenes is 1. The summed E-state index contributed by atoms with van der Waals surface area (Å²) >= 11 is 0. The molecule has 0 spiro atoms. The van der Waals surface area contributed by atoms with Crippen LogP contribution < -0.4 is 0 Å². The highest BCUT2D eigenvalue weighted by atomic mass is 16.5. The van der Waals surface area contributed by atoms with Crippen LogP contribution in [0.2, 0.25) is 0 Å². The highest BCUT2D eigenvalue weighted by molar-refractivity contribution is 4.88. The van der Waals surface area contributed by atoms with Crippen molar-refractivity contribution in [2.75, 3.05) is 0 Å². The normalized spacial score (nSPS) is 39.8. The summed E-state index contributed by atoms with van der Waals surface area (Å²) in [5, 5.41) is 9.53. The molecule has 1 fully saturated rings. The summed E-state index contributed by atoms with van der Waals surface area (Å²) in [6, 6.07) is 0. The zero-order chi connectivity index (χ0) is 9.84. The lowest BCUT2D eigenvalue weighted by Gasteiger charge is -2.36. The van der Waals surface area contributed by atoms with E-state index in [0.717, 1.165) is 19.3 Å². The van der Waals surface area contributed by atoms with Crippen LogP contribution in [0.5, 0.6) is 0 Å². The Morgan fingerprint density at radius 2 is 2.23 bits per heavy atom. The van der Waals surface area contributed by atoms with E-state index < -0.39 is 0 Å². The van der Waals surface area contributed by atoms with Gasteiger partial charge < -0.3 is 9.84 Å². The highest BCUT2D eigenvalue weighted by Gasteiger charge is 2.31. The van der Waals surface area contributed by atoms with Gasteiger partial charge in [0.1, 0.15) is 0 Å². The van der Waals surface area contributed by atoms with Crippen molar-refractivity contribution < 1.29 is 9.84 Å². The summed E-state index contributed by atoms with van der Waals surface area (Å²) in [5.74, 6) is 3.04. The van der Waals surface area contributed by atoms with Crippen LogP contribution in [0.15, 0.2) is 0 Å². The highest BCUT2D eigenvalue weighted by Crippen LogP contribution is 2.27.